The van der Waals surface area contributed by atoms with Crippen molar-refractivity contribution in [3.8, 4) is 11.1 Å². The first-order chi connectivity index (χ1) is 11.8. The second kappa shape index (κ2) is 8.02. The number of allylic oxidation sites excluding steroid dienone is 3. The maximum absolute atomic E-state index is 12.2. The van der Waals surface area contributed by atoms with Crippen LogP contribution in [0.15, 0.2) is 72.3 Å². The molecule has 0 saturated heterocycles. The third kappa shape index (κ3) is 3.98. The Morgan fingerprint density at radius 2 is 1.96 bits per heavy atom. The molecule has 1 aliphatic rings. The Morgan fingerprint density at radius 1 is 1.12 bits per heavy atom. The van der Waals surface area contributed by atoms with E-state index in [-0.39, 0.29) is 5.91 Å². The SMILES string of the molecule is CNC(=O)c1ccc(CSCC2=CC=CC2)cc1-c1ccccc1. The molecule has 24 heavy (non-hydrogen) atoms. The maximum atomic E-state index is 12.2. The summed E-state index contributed by atoms with van der Waals surface area (Å²) >= 11 is 1.92. The fraction of sp³-hybridized carbons (Fsp3) is 0.190. The number of thioether (sulfide) groups is 1. The van der Waals surface area contributed by atoms with Crippen molar-refractivity contribution in [3.63, 3.8) is 0 Å². The highest BCUT2D eigenvalue weighted by Crippen LogP contribution is 2.27. The monoisotopic (exact) mass is 335 g/mol. The van der Waals surface area contributed by atoms with Gasteiger partial charge in [0.15, 0.2) is 0 Å². The predicted octanol–water partition coefficient (Wildman–Crippen LogP) is 4.83. The van der Waals surface area contributed by atoms with E-state index in [9.17, 15) is 4.79 Å². The van der Waals surface area contributed by atoms with E-state index in [0.717, 1.165) is 34.6 Å². The fourth-order valence-electron chi connectivity index (χ4n) is 2.77. The van der Waals surface area contributed by atoms with Crippen LogP contribution in [0.3, 0.4) is 0 Å². The number of hydrogen-bond donors (Lipinski definition) is 1. The largest absolute Gasteiger partial charge is 0.355 e. The molecule has 0 spiro atoms. The maximum Gasteiger partial charge on any atom is 0.251 e. The molecule has 1 amide bonds. The van der Waals surface area contributed by atoms with Crippen molar-refractivity contribution in [1.29, 1.82) is 0 Å². The van der Waals surface area contributed by atoms with Crippen molar-refractivity contribution < 1.29 is 4.79 Å². The van der Waals surface area contributed by atoms with Crippen molar-refractivity contribution in [2.45, 2.75) is 12.2 Å². The summed E-state index contributed by atoms with van der Waals surface area (Å²) in [7, 11) is 1.67. The van der Waals surface area contributed by atoms with Gasteiger partial charge in [0.25, 0.3) is 5.91 Å². The van der Waals surface area contributed by atoms with Crippen molar-refractivity contribution in [1.82, 2.24) is 5.32 Å². The first-order valence-corrected chi connectivity index (χ1v) is 9.26. The molecule has 0 aliphatic heterocycles. The van der Waals surface area contributed by atoms with Crippen molar-refractivity contribution in [2.24, 2.45) is 0 Å². The zero-order valence-corrected chi connectivity index (χ0v) is 14.6. The molecule has 0 fully saturated rings. The van der Waals surface area contributed by atoms with Crippen LogP contribution in [-0.4, -0.2) is 18.7 Å². The Kier molecular flexibility index (Phi) is 5.55. The van der Waals surface area contributed by atoms with Gasteiger partial charge in [-0.05, 0) is 35.2 Å². The average Bonchev–Trinajstić information content (AvgIpc) is 3.15. The van der Waals surface area contributed by atoms with Gasteiger partial charge in [-0.3, -0.25) is 4.79 Å². The molecule has 3 heteroatoms. The van der Waals surface area contributed by atoms with E-state index < -0.39 is 0 Å². The lowest BCUT2D eigenvalue weighted by molar-refractivity contribution is 0.0963. The summed E-state index contributed by atoms with van der Waals surface area (Å²) in [5.41, 5.74) is 5.52. The number of hydrogen-bond acceptors (Lipinski definition) is 2. The zero-order chi connectivity index (χ0) is 16.8. The molecule has 0 heterocycles. The van der Waals surface area contributed by atoms with Crippen molar-refractivity contribution in [2.75, 3.05) is 12.8 Å². The second-order valence-corrected chi connectivity index (χ2v) is 6.76. The Balaban J connectivity index is 1.80. The lowest BCUT2D eigenvalue weighted by Gasteiger charge is -2.11. The van der Waals surface area contributed by atoms with Crippen molar-refractivity contribution >= 4 is 17.7 Å². The lowest BCUT2D eigenvalue weighted by Crippen LogP contribution is -2.18. The summed E-state index contributed by atoms with van der Waals surface area (Å²) < 4.78 is 0. The molecular weight excluding hydrogens is 314 g/mol. The first-order valence-electron chi connectivity index (χ1n) is 8.10. The van der Waals surface area contributed by atoms with Crippen LogP contribution in [0.1, 0.15) is 22.3 Å². The highest BCUT2D eigenvalue weighted by molar-refractivity contribution is 7.98. The Labute approximate surface area is 147 Å². The minimum atomic E-state index is -0.0461. The number of carbonyl (C=O) groups is 1. The van der Waals surface area contributed by atoms with E-state index in [2.05, 4.69) is 35.7 Å². The Hall–Kier alpha value is -2.26. The summed E-state index contributed by atoms with van der Waals surface area (Å²) in [4.78, 5) is 12.2. The third-order valence-electron chi connectivity index (χ3n) is 4.04. The molecule has 0 unspecified atom stereocenters. The number of benzene rings is 2. The number of carbonyl (C=O) groups excluding carboxylic acids is 1. The summed E-state index contributed by atoms with van der Waals surface area (Å²) in [6.07, 6.45) is 7.61. The summed E-state index contributed by atoms with van der Waals surface area (Å²) in [6, 6.07) is 16.2. The zero-order valence-electron chi connectivity index (χ0n) is 13.8. The molecule has 122 valence electrons. The molecule has 0 radical (unpaired) electrons. The van der Waals surface area contributed by atoms with Gasteiger partial charge >= 0.3 is 0 Å². The lowest BCUT2D eigenvalue weighted by atomic mass is 9.97. The van der Waals surface area contributed by atoms with E-state index in [1.165, 1.54) is 11.1 Å². The van der Waals surface area contributed by atoms with Crippen LogP contribution >= 0.6 is 11.8 Å². The first kappa shape index (κ1) is 16.6. The van der Waals surface area contributed by atoms with Crippen LogP contribution in [0, 0.1) is 0 Å². The summed E-state index contributed by atoms with van der Waals surface area (Å²) in [6.45, 7) is 0. The van der Waals surface area contributed by atoms with Crippen LogP contribution in [-0.2, 0) is 5.75 Å². The minimum absolute atomic E-state index is 0.0461. The highest BCUT2D eigenvalue weighted by atomic mass is 32.2. The third-order valence-corrected chi connectivity index (χ3v) is 5.16. The van der Waals surface area contributed by atoms with Gasteiger partial charge in [0, 0.05) is 24.1 Å². The quantitative estimate of drug-likeness (QED) is 0.819. The molecule has 2 nitrogen and oxygen atoms in total. The molecule has 3 rings (SSSR count). The van der Waals surface area contributed by atoms with Crippen LogP contribution in [0.4, 0.5) is 0 Å². The molecule has 0 atom stereocenters. The van der Waals surface area contributed by atoms with Gasteiger partial charge in [0.1, 0.15) is 0 Å². The van der Waals surface area contributed by atoms with Crippen LogP contribution in [0.2, 0.25) is 0 Å². The minimum Gasteiger partial charge on any atom is -0.355 e. The van der Waals surface area contributed by atoms with Gasteiger partial charge in [-0.15, -0.1) is 0 Å². The molecule has 2 aromatic rings. The molecular formula is C21H21NOS. The smallest absolute Gasteiger partial charge is 0.251 e. The fourth-order valence-corrected chi connectivity index (χ4v) is 3.76. The van der Waals surface area contributed by atoms with Gasteiger partial charge in [0.2, 0.25) is 0 Å². The van der Waals surface area contributed by atoms with Gasteiger partial charge in [-0.2, -0.15) is 11.8 Å². The van der Waals surface area contributed by atoms with Crippen molar-refractivity contribution in [3.05, 3.63) is 83.5 Å². The van der Waals surface area contributed by atoms with E-state index >= 15 is 0 Å². The number of rotatable bonds is 6. The van der Waals surface area contributed by atoms with Gasteiger partial charge in [0.05, 0.1) is 0 Å². The van der Waals surface area contributed by atoms with Crippen LogP contribution in [0.25, 0.3) is 11.1 Å². The Bertz CT molecular complexity index is 778. The predicted molar refractivity (Wildman–Crippen MR) is 103 cm³/mol. The normalized spacial score (nSPS) is 13.0. The number of nitrogens with one attached hydrogen (secondary N) is 1. The summed E-state index contributed by atoms with van der Waals surface area (Å²) in [5, 5.41) is 2.73. The van der Waals surface area contributed by atoms with E-state index in [1.807, 2.05) is 48.2 Å². The van der Waals surface area contributed by atoms with E-state index in [0.29, 0.717) is 0 Å². The molecule has 2 aromatic carbocycles. The molecule has 0 aromatic heterocycles. The molecule has 1 N–H and O–H groups in total. The molecule has 0 bridgehead atoms. The highest BCUT2D eigenvalue weighted by Gasteiger charge is 2.12. The average molecular weight is 335 g/mol. The Morgan fingerprint density at radius 3 is 2.67 bits per heavy atom. The van der Waals surface area contributed by atoms with Gasteiger partial charge in [-0.25, -0.2) is 0 Å². The van der Waals surface area contributed by atoms with E-state index in [1.54, 1.807) is 7.05 Å². The molecule has 1 aliphatic carbocycles. The summed E-state index contributed by atoms with van der Waals surface area (Å²) in [5.74, 6) is 1.96. The number of amides is 1. The standard InChI is InChI=1S/C21H21NOS/c1-22-21(23)19-12-11-17(15-24-14-16-7-5-6-8-16)13-20(19)18-9-3-2-4-10-18/h2-7,9-13H,8,14-15H2,1H3,(H,22,23). The van der Waals surface area contributed by atoms with E-state index in [4.69, 9.17) is 0 Å². The van der Waals surface area contributed by atoms with Gasteiger partial charge < -0.3 is 5.32 Å². The second-order valence-electron chi connectivity index (χ2n) is 5.78. The van der Waals surface area contributed by atoms with Crippen LogP contribution < -0.4 is 5.32 Å². The topological polar surface area (TPSA) is 29.1 Å². The molecule has 0 saturated carbocycles. The van der Waals surface area contributed by atoms with Crippen LogP contribution in [0.5, 0.6) is 0 Å². The van der Waals surface area contributed by atoms with Gasteiger partial charge in [-0.1, -0.05) is 60.2 Å².